The molecule has 1 fully saturated rings. The molecule has 2 unspecified atom stereocenters. The van der Waals surface area contributed by atoms with Crippen molar-refractivity contribution in [2.24, 2.45) is 0 Å². The molecule has 2 aromatic heterocycles. The summed E-state index contributed by atoms with van der Waals surface area (Å²) in [4.78, 5) is 40.2. The van der Waals surface area contributed by atoms with Crippen molar-refractivity contribution in [1.29, 1.82) is 0 Å². The van der Waals surface area contributed by atoms with Gasteiger partial charge in [-0.05, 0) is 48.9 Å². The molecule has 0 bridgehead atoms. The maximum absolute atomic E-state index is 12.8. The van der Waals surface area contributed by atoms with Crippen molar-refractivity contribution in [3.05, 3.63) is 65.4 Å². The lowest BCUT2D eigenvalue weighted by molar-refractivity contribution is -0.137. The molecule has 1 spiro atoms. The largest absolute Gasteiger partial charge is 0.509 e. The van der Waals surface area contributed by atoms with Crippen molar-refractivity contribution < 1.29 is 24.6 Å². The third-order valence-corrected chi connectivity index (χ3v) is 5.62. The van der Waals surface area contributed by atoms with E-state index in [-0.39, 0.29) is 17.3 Å². The summed E-state index contributed by atoms with van der Waals surface area (Å²) < 4.78 is 1.75. The number of carboxylic acid groups (broad SMARTS) is 1. The molecule has 144 valence electrons. The second kappa shape index (κ2) is 6.63. The van der Waals surface area contributed by atoms with E-state index in [4.69, 9.17) is 5.11 Å². The first kappa shape index (κ1) is 18.0. The lowest BCUT2D eigenvalue weighted by atomic mass is 9.84. The van der Waals surface area contributed by atoms with Crippen LogP contribution in [0.3, 0.4) is 0 Å². The van der Waals surface area contributed by atoms with Gasteiger partial charge in [0.1, 0.15) is 23.4 Å². The summed E-state index contributed by atoms with van der Waals surface area (Å²) in [5.41, 5.74) is 0.0578. The monoisotopic (exact) mass is 381 g/mol. The lowest BCUT2D eigenvalue weighted by Crippen LogP contribution is -2.44. The molecule has 3 heterocycles. The SMILES string of the molecule is O=C(O)CNC(=O)C1=C(O)C2(CCC(c3cccnc3)C2)n2cccc2C1=O. The number of aliphatic hydroxyl groups excluding tert-OH is 1. The quantitative estimate of drug-likeness (QED) is 0.694. The average molecular weight is 381 g/mol. The predicted molar refractivity (Wildman–Crippen MR) is 97.9 cm³/mol. The Bertz CT molecular complexity index is 994. The molecule has 0 aromatic carbocycles. The Morgan fingerprint density at radius 1 is 1.32 bits per heavy atom. The van der Waals surface area contributed by atoms with E-state index in [9.17, 15) is 19.5 Å². The van der Waals surface area contributed by atoms with Gasteiger partial charge >= 0.3 is 5.97 Å². The van der Waals surface area contributed by atoms with E-state index in [1.165, 1.54) is 0 Å². The van der Waals surface area contributed by atoms with Gasteiger partial charge in [0.2, 0.25) is 5.78 Å². The van der Waals surface area contributed by atoms with Crippen LogP contribution in [0.4, 0.5) is 0 Å². The van der Waals surface area contributed by atoms with Crippen molar-refractivity contribution >= 4 is 17.7 Å². The minimum atomic E-state index is -1.23. The fraction of sp³-hybridized carbons (Fsp3) is 0.300. The number of pyridine rings is 1. The number of aromatic nitrogens is 2. The van der Waals surface area contributed by atoms with Crippen LogP contribution in [-0.2, 0) is 15.1 Å². The second-order valence-electron chi connectivity index (χ2n) is 7.15. The Balaban J connectivity index is 1.76. The number of hydrogen-bond donors (Lipinski definition) is 3. The van der Waals surface area contributed by atoms with Crippen molar-refractivity contribution in [2.75, 3.05) is 6.54 Å². The molecular weight excluding hydrogens is 362 g/mol. The number of carbonyl (C=O) groups excluding carboxylic acids is 2. The minimum absolute atomic E-state index is 0.114. The third-order valence-electron chi connectivity index (χ3n) is 5.62. The van der Waals surface area contributed by atoms with Crippen molar-refractivity contribution in [3.63, 3.8) is 0 Å². The number of aliphatic carboxylic acids is 1. The highest BCUT2D eigenvalue weighted by Gasteiger charge is 2.51. The molecule has 1 aliphatic heterocycles. The maximum atomic E-state index is 12.8. The van der Waals surface area contributed by atoms with Gasteiger partial charge in [-0.15, -0.1) is 0 Å². The van der Waals surface area contributed by atoms with E-state index in [0.717, 1.165) is 12.0 Å². The standard InChI is InChI=1S/C20H19N3O5/c24-15(25)11-22-19(28)16-17(26)14-4-2-8-23(14)20(18(16)27)6-5-12(9-20)13-3-1-7-21-10-13/h1-4,7-8,10,12,27H,5-6,9,11H2,(H,22,28)(H,24,25). The van der Waals surface area contributed by atoms with E-state index >= 15 is 0 Å². The van der Waals surface area contributed by atoms with Crippen molar-refractivity contribution in [3.8, 4) is 0 Å². The summed E-state index contributed by atoms with van der Waals surface area (Å²) in [5.74, 6) is -2.90. The van der Waals surface area contributed by atoms with E-state index in [2.05, 4.69) is 10.3 Å². The molecule has 4 rings (SSSR count). The third kappa shape index (κ3) is 2.69. The van der Waals surface area contributed by atoms with Crippen LogP contribution in [0.2, 0.25) is 0 Å². The first-order valence-electron chi connectivity index (χ1n) is 9.00. The highest BCUT2D eigenvalue weighted by molar-refractivity contribution is 6.26. The van der Waals surface area contributed by atoms with Gasteiger partial charge in [0, 0.05) is 18.6 Å². The van der Waals surface area contributed by atoms with Gasteiger partial charge < -0.3 is 20.1 Å². The van der Waals surface area contributed by atoms with Crippen LogP contribution in [0.25, 0.3) is 0 Å². The lowest BCUT2D eigenvalue weighted by Gasteiger charge is -2.37. The summed E-state index contributed by atoms with van der Waals surface area (Å²) in [5, 5.41) is 22.1. The predicted octanol–water partition coefficient (Wildman–Crippen LogP) is 1.76. The Morgan fingerprint density at radius 3 is 2.86 bits per heavy atom. The fourth-order valence-electron chi connectivity index (χ4n) is 4.34. The highest BCUT2D eigenvalue weighted by atomic mass is 16.4. The number of fused-ring (bicyclic) bond motifs is 2. The van der Waals surface area contributed by atoms with E-state index < -0.39 is 29.7 Å². The Labute approximate surface area is 160 Å². The molecule has 1 saturated carbocycles. The Morgan fingerprint density at radius 2 is 2.14 bits per heavy atom. The van der Waals surface area contributed by atoms with Gasteiger partial charge in [-0.2, -0.15) is 0 Å². The summed E-state index contributed by atoms with van der Waals surface area (Å²) in [7, 11) is 0. The number of ketones is 1. The number of rotatable bonds is 4. The van der Waals surface area contributed by atoms with Crippen LogP contribution in [0.1, 0.15) is 41.2 Å². The topological polar surface area (TPSA) is 122 Å². The first-order chi connectivity index (χ1) is 13.4. The molecule has 2 aromatic rings. The van der Waals surface area contributed by atoms with E-state index in [1.807, 2.05) is 12.1 Å². The van der Waals surface area contributed by atoms with Crippen LogP contribution in [-0.4, -0.2) is 44.0 Å². The zero-order valence-electron chi connectivity index (χ0n) is 15.0. The number of Topliss-reactive ketones (excluding diaryl/α,β-unsaturated/α-hetero) is 1. The van der Waals surface area contributed by atoms with Gasteiger partial charge in [-0.25, -0.2) is 0 Å². The second-order valence-corrected chi connectivity index (χ2v) is 7.15. The average Bonchev–Trinajstić information content (AvgIpc) is 3.34. The van der Waals surface area contributed by atoms with Crippen LogP contribution in [0, 0.1) is 0 Å². The number of amides is 1. The number of allylic oxidation sites excluding steroid dienone is 1. The van der Waals surface area contributed by atoms with E-state index in [1.54, 1.807) is 35.3 Å². The molecule has 3 N–H and O–H groups in total. The van der Waals surface area contributed by atoms with Gasteiger partial charge in [0.15, 0.2) is 0 Å². The van der Waals surface area contributed by atoms with Gasteiger partial charge in [-0.1, -0.05) is 6.07 Å². The number of carboxylic acids is 1. The Kier molecular flexibility index (Phi) is 4.26. The smallest absolute Gasteiger partial charge is 0.322 e. The number of aliphatic hydroxyl groups is 1. The molecular formula is C20H19N3O5. The summed E-state index contributed by atoms with van der Waals surface area (Å²) in [6.45, 7) is -0.630. The molecule has 8 heteroatoms. The molecule has 8 nitrogen and oxygen atoms in total. The number of nitrogens with one attached hydrogen (secondary N) is 1. The number of nitrogens with zero attached hydrogens (tertiary/aromatic N) is 2. The summed E-state index contributed by atoms with van der Waals surface area (Å²) in [6, 6.07) is 7.14. The number of carbonyl (C=O) groups is 3. The molecule has 1 aliphatic carbocycles. The first-order valence-corrected chi connectivity index (χ1v) is 9.00. The minimum Gasteiger partial charge on any atom is -0.509 e. The highest BCUT2D eigenvalue weighted by Crippen LogP contribution is 2.51. The molecule has 1 amide bonds. The summed E-state index contributed by atoms with van der Waals surface area (Å²) >= 11 is 0. The normalized spacial score (nSPS) is 23.7. The van der Waals surface area contributed by atoms with E-state index in [0.29, 0.717) is 18.5 Å². The van der Waals surface area contributed by atoms with Crippen LogP contribution < -0.4 is 5.32 Å². The zero-order chi connectivity index (χ0) is 19.9. The van der Waals surface area contributed by atoms with Crippen LogP contribution in [0.15, 0.2) is 54.2 Å². The molecule has 2 aliphatic rings. The molecule has 28 heavy (non-hydrogen) atoms. The number of hydrogen-bond acceptors (Lipinski definition) is 5. The van der Waals surface area contributed by atoms with Crippen LogP contribution >= 0.6 is 0 Å². The van der Waals surface area contributed by atoms with Crippen LogP contribution in [0.5, 0.6) is 0 Å². The Hall–Kier alpha value is -3.42. The summed E-state index contributed by atoms with van der Waals surface area (Å²) in [6.07, 6.45) is 7.03. The maximum Gasteiger partial charge on any atom is 0.322 e. The van der Waals surface area contributed by atoms with Crippen molar-refractivity contribution in [2.45, 2.75) is 30.7 Å². The molecule has 0 radical (unpaired) electrons. The fourth-order valence-corrected chi connectivity index (χ4v) is 4.34. The van der Waals surface area contributed by atoms with Gasteiger partial charge in [-0.3, -0.25) is 19.4 Å². The molecule has 2 atom stereocenters. The van der Waals surface area contributed by atoms with Crippen molar-refractivity contribution in [1.82, 2.24) is 14.9 Å². The molecule has 0 saturated heterocycles. The van der Waals surface area contributed by atoms with Gasteiger partial charge in [0.25, 0.3) is 5.91 Å². The van der Waals surface area contributed by atoms with Gasteiger partial charge in [0.05, 0.1) is 5.69 Å². The zero-order valence-corrected chi connectivity index (χ0v) is 15.0.